The van der Waals surface area contributed by atoms with Crippen LogP contribution in [-0.2, 0) is 0 Å². The number of hydrogen-bond acceptors (Lipinski definition) is 3. The van der Waals surface area contributed by atoms with Gasteiger partial charge in [-0.15, -0.1) is 0 Å². The average molecular weight is 249 g/mol. The monoisotopic (exact) mass is 249 g/mol. The lowest BCUT2D eigenvalue weighted by atomic mass is 10.0. The fourth-order valence-corrected chi connectivity index (χ4v) is 2.50. The van der Waals surface area contributed by atoms with E-state index in [9.17, 15) is 15.0 Å². The average Bonchev–Trinajstić information content (AvgIpc) is 2.60. The van der Waals surface area contributed by atoms with E-state index in [1.165, 1.54) is 4.90 Å². The van der Waals surface area contributed by atoms with Crippen LogP contribution in [0.5, 0.6) is 0 Å². The Morgan fingerprint density at radius 1 is 1.33 bits per heavy atom. The van der Waals surface area contributed by atoms with Crippen molar-refractivity contribution in [3.63, 3.8) is 0 Å². The Kier molecular flexibility index (Phi) is 3.68. The molecule has 18 heavy (non-hydrogen) atoms. The predicted octanol–water partition coefficient (Wildman–Crippen LogP) is 1.54. The lowest BCUT2D eigenvalue weighted by Gasteiger charge is -2.30. The van der Waals surface area contributed by atoms with Crippen LogP contribution in [0, 0.1) is 5.92 Å². The molecule has 1 heterocycles. The van der Waals surface area contributed by atoms with Gasteiger partial charge in [-0.25, -0.2) is 0 Å². The molecule has 1 aliphatic heterocycles. The summed E-state index contributed by atoms with van der Waals surface area (Å²) in [6.45, 7) is 3.93. The quantitative estimate of drug-likeness (QED) is 0.851. The zero-order chi connectivity index (χ0) is 13.3. The van der Waals surface area contributed by atoms with Crippen LogP contribution < -0.4 is 0 Å². The van der Waals surface area contributed by atoms with Gasteiger partial charge in [0.25, 0.3) is 5.91 Å². The Morgan fingerprint density at radius 2 is 2.00 bits per heavy atom. The number of nitrogens with zero attached hydrogens (tertiary/aromatic N) is 1. The van der Waals surface area contributed by atoms with Crippen LogP contribution in [0.3, 0.4) is 0 Å². The number of amides is 1. The third-order valence-electron chi connectivity index (χ3n) is 3.31. The highest BCUT2D eigenvalue weighted by Gasteiger charge is 2.39. The van der Waals surface area contributed by atoms with Crippen LogP contribution in [0.15, 0.2) is 24.3 Å². The van der Waals surface area contributed by atoms with E-state index >= 15 is 0 Å². The Morgan fingerprint density at radius 3 is 2.56 bits per heavy atom. The largest absolute Gasteiger partial charge is 0.394 e. The van der Waals surface area contributed by atoms with Gasteiger partial charge >= 0.3 is 0 Å². The van der Waals surface area contributed by atoms with E-state index in [2.05, 4.69) is 0 Å². The molecule has 0 aliphatic carbocycles. The molecule has 2 N–H and O–H groups in total. The Balaban J connectivity index is 2.29. The second-order valence-electron chi connectivity index (χ2n) is 5.14. The minimum Gasteiger partial charge on any atom is -0.394 e. The zero-order valence-corrected chi connectivity index (χ0v) is 10.7. The van der Waals surface area contributed by atoms with Crippen LogP contribution in [0.25, 0.3) is 0 Å². The molecule has 0 saturated carbocycles. The van der Waals surface area contributed by atoms with Gasteiger partial charge in [-0.3, -0.25) is 4.79 Å². The molecule has 0 radical (unpaired) electrons. The number of rotatable bonds is 4. The maximum atomic E-state index is 12.2. The minimum absolute atomic E-state index is 0.130. The van der Waals surface area contributed by atoms with Gasteiger partial charge in [0.1, 0.15) is 0 Å². The molecule has 0 bridgehead atoms. The van der Waals surface area contributed by atoms with Crippen LogP contribution >= 0.6 is 0 Å². The number of hydrogen-bond donors (Lipinski definition) is 2. The van der Waals surface area contributed by atoms with Crippen molar-refractivity contribution < 1.29 is 15.0 Å². The van der Waals surface area contributed by atoms with Crippen molar-refractivity contribution in [1.82, 2.24) is 4.90 Å². The smallest absolute Gasteiger partial charge is 0.256 e. The second-order valence-corrected chi connectivity index (χ2v) is 5.14. The van der Waals surface area contributed by atoms with E-state index in [-0.39, 0.29) is 18.6 Å². The first-order chi connectivity index (χ1) is 8.56. The first-order valence-corrected chi connectivity index (χ1v) is 6.26. The third kappa shape index (κ3) is 2.13. The van der Waals surface area contributed by atoms with Crippen molar-refractivity contribution in [2.75, 3.05) is 6.61 Å². The summed E-state index contributed by atoms with van der Waals surface area (Å²) in [5, 5.41) is 19.7. The Hall–Kier alpha value is -1.39. The number of carbonyl (C=O) groups excluding carboxylic acids is 1. The molecule has 0 fully saturated rings. The summed E-state index contributed by atoms with van der Waals surface area (Å²) in [7, 11) is 0. The maximum Gasteiger partial charge on any atom is 0.256 e. The van der Waals surface area contributed by atoms with Crippen LogP contribution in [0.1, 0.15) is 42.4 Å². The molecule has 1 aliphatic rings. The van der Waals surface area contributed by atoms with E-state index in [0.717, 1.165) is 0 Å². The van der Waals surface area contributed by atoms with Gasteiger partial charge in [-0.05, 0) is 18.4 Å². The first kappa shape index (κ1) is 13.1. The van der Waals surface area contributed by atoms with Crippen molar-refractivity contribution in [2.45, 2.75) is 32.5 Å². The molecular formula is C14H19NO3. The maximum absolute atomic E-state index is 12.2. The molecule has 1 unspecified atom stereocenters. The van der Waals surface area contributed by atoms with Crippen LogP contribution in [0.2, 0.25) is 0 Å². The molecule has 0 saturated heterocycles. The van der Waals surface area contributed by atoms with Gasteiger partial charge in [0, 0.05) is 11.1 Å². The van der Waals surface area contributed by atoms with Crippen LogP contribution in [-0.4, -0.2) is 33.7 Å². The summed E-state index contributed by atoms with van der Waals surface area (Å²) in [5.41, 5.74) is 1.16. The van der Waals surface area contributed by atoms with Crippen molar-refractivity contribution in [3.8, 4) is 0 Å². The van der Waals surface area contributed by atoms with Gasteiger partial charge in [0.05, 0.1) is 12.6 Å². The second kappa shape index (κ2) is 5.08. The summed E-state index contributed by atoms with van der Waals surface area (Å²) >= 11 is 0. The fraction of sp³-hybridized carbons (Fsp3) is 0.500. The number of carbonyl (C=O) groups is 1. The summed E-state index contributed by atoms with van der Waals surface area (Å²) in [4.78, 5) is 13.6. The first-order valence-electron chi connectivity index (χ1n) is 6.26. The summed E-state index contributed by atoms with van der Waals surface area (Å²) in [6.07, 6.45) is -0.266. The van der Waals surface area contributed by atoms with Crippen molar-refractivity contribution >= 4 is 5.91 Å². The number of aliphatic hydroxyl groups is 2. The minimum atomic E-state index is -0.940. The number of aliphatic hydroxyl groups excluding tert-OH is 2. The lowest BCUT2D eigenvalue weighted by molar-refractivity contribution is -0.0199. The highest BCUT2D eigenvalue weighted by molar-refractivity contribution is 5.99. The normalized spacial score (nSPS) is 20.4. The molecule has 0 spiro atoms. The van der Waals surface area contributed by atoms with Gasteiger partial charge in [-0.1, -0.05) is 32.0 Å². The van der Waals surface area contributed by atoms with Crippen molar-refractivity contribution in [2.24, 2.45) is 5.92 Å². The third-order valence-corrected chi connectivity index (χ3v) is 3.31. The molecule has 4 nitrogen and oxygen atoms in total. The van der Waals surface area contributed by atoms with E-state index in [1.807, 2.05) is 13.8 Å². The lowest BCUT2D eigenvalue weighted by Crippen LogP contribution is -2.41. The molecule has 98 valence electrons. The van der Waals surface area contributed by atoms with E-state index in [1.54, 1.807) is 24.3 Å². The van der Waals surface area contributed by atoms with E-state index < -0.39 is 6.23 Å². The summed E-state index contributed by atoms with van der Waals surface area (Å²) in [6, 6.07) is 6.71. The van der Waals surface area contributed by atoms with E-state index in [4.69, 9.17) is 0 Å². The molecule has 2 atom stereocenters. The molecule has 0 aromatic heterocycles. The topological polar surface area (TPSA) is 60.8 Å². The predicted molar refractivity (Wildman–Crippen MR) is 67.9 cm³/mol. The summed E-state index contributed by atoms with van der Waals surface area (Å²) < 4.78 is 0. The number of fused-ring (bicyclic) bond motifs is 1. The molecule has 2 rings (SSSR count). The van der Waals surface area contributed by atoms with Crippen molar-refractivity contribution in [1.29, 1.82) is 0 Å². The van der Waals surface area contributed by atoms with Crippen molar-refractivity contribution in [3.05, 3.63) is 35.4 Å². The molecule has 1 aromatic carbocycles. The molecule has 4 heteroatoms. The van der Waals surface area contributed by atoms with E-state index in [0.29, 0.717) is 23.5 Å². The van der Waals surface area contributed by atoms with Gasteiger partial charge in [0.15, 0.2) is 6.23 Å². The zero-order valence-electron chi connectivity index (χ0n) is 10.7. The standard InChI is InChI=1S/C14H19NO3/c1-9(2)7-10(8-16)15-13(17)11-5-3-4-6-12(11)14(15)18/h3-6,9-10,13,16-17H,7-8H2,1-2H3/t10-,13?/m0/s1. The van der Waals surface area contributed by atoms with Crippen LogP contribution in [0.4, 0.5) is 0 Å². The Labute approximate surface area is 107 Å². The van der Waals surface area contributed by atoms with Gasteiger partial charge in [0.2, 0.25) is 0 Å². The number of benzene rings is 1. The highest BCUT2D eigenvalue weighted by atomic mass is 16.3. The fourth-order valence-electron chi connectivity index (χ4n) is 2.50. The van der Waals surface area contributed by atoms with Gasteiger partial charge in [-0.2, -0.15) is 0 Å². The molecule has 1 amide bonds. The van der Waals surface area contributed by atoms with Gasteiger partial charge < -0.3 is 15.1 Å². The SMILES string of the molecule is CC(C)C[C@@H](CO)N1C(=O)c2ccccc2C1O. The summed E-state index contributed by atoms with van der Waals surface area (Å²) in [5.74, 6) is 0.156. The highest BCUT2D eigenvalue weighted by Crippen LogP contribution is 2.34. The molecule has 1 aromatic rings. The molecular weight excluding hydrogens is 230 g/mol. The Bertz CT molecular complexity index is 444.